The highest BCUT2D eigenvalue weighted by molar-refractivity contribution is 6.31. The summed E-state index contributed by atoms with van der Waals surface area (Å²) in [6.07, 6.45) is 0.693. The number of aromatic nitrogens is 1. The summed E-state index contributed by atoms with van der Waals surface area (Å²) in [5.74, 6) is -1.86. The molecule has 0 saturated carbocycles. The van der Waals surface area contributed by atoms with E-state index in [0.717, 1.165) is 0 Å². The van der Waals surface area contributed by atoms with Gasteiger partial charge in [0, 0.05) is 24.2 Å². The number of hydrogen-bond donors (Lipinski definition) is 1. The maximum absolute atomic E-state index is 14.5. The minimum Gasteiger partial charge on any atom is -0.477 e. The molecule has 0 radical (unpaired) electrons. The molecule has 4 rings (SSSR count). The molecule has 1 saturated heterocycles. The molecule has 1 aliphatic rings. The zero-order valence-corrected chi connectivity index (χ0v) is 19.5. The minimum absolute atomic E-state index is 0.0691. The van der Waals surface area contributed by atoms with Crippen molar-refractivity contribution in [3.63, 3.8) is 0 Å². The van der Waals surface area contributed by atoms with Crippen molar-refractivity contribution in [2.45, 2.75) is 45.1 Å². The first-order valence-electron chi connectivity index (χ1n) is 10.9. The predicted molar refractivity (Wildman–Crippen MR) is 125 cm³/mol. The number of carbonyl (C=O) groups excluding carboxylic acids is 1. The number of aromatic carboxylic acids is 1. The summed E-state index contributed by atoms with van der Waals surface area (Å²) >= 11 is 6.09. The Morgan fingerprint density at radius 1 is 1.12 bits per heavy atom. The van der Waals surface area contributed by atoms with Crippen molar-refractivity contribution in [2.75, 3.05) is 13.1 Å². The number of ether oxygens (including phenoxy) is 1. The van der Waals surface area contributed by atoms with Gasteiger partial charge in [-0.1, -0.05) is 29.8 Å². The molecule has 2 aromatic carbocycles. The van der Waals surface area contributed by atoms with Crippen molar-refractivity contribution >= 4 is 34.6 Å². The first kappa shape index (κ1) is 23.1. The van der Waals surface area contributed by atoms with Crippen molar-refractivity contribution in [1.29, 1.82) is 0 Å². The molecular formula is C25H26ClFN2O4. The summed E-state index contributed by atoms with van der Waals surface area (Å²) in [7, 11) is 0. The van der Waals surface area contributed by atoms with Gasteiger partial charge in [-0.3, -0.25) is 0 Å². The molecule has 174 valence electrons. The van der Waals surface area contributed by atoms with E-state index in [-0.39, 0.29) is 22.7 Å². The van der Waals surface area contributed by atoms with Gasteiger partial charge >= 0.3 is 12.1 Å². The molecule has 8 heteroatoms. The second-order valence-electron chi connectivity index (χ2n) is 9.26. The van der Waals surface area contributed by atoms with E-state index < -0.39 is 17.4 Å². The number of amides is 1. The highest BCUT2D eigenvalue weighted by Crippen LogP contribution is 2.41. The predicted octanol–water partition coefficient (Wildman–Crippen LogP) is 6.24. The van der Waals surface area contributed by atoms with E-state index in [1.54, 1.807) is 21.6 Å². The topological polar surface area (TPSA) is 71.8 Å². The molecule has 0 spiro atoms. The summed E-state index contributed by atoms with van der Waals surface area (Å²) in [6, 6.07) is 11.9. The Morgan fingerprint density at radius 3 is 2.33 bits per heavy atom. The average Bonchev–Trinajstić information content (AvgIpc) is 3.08. The Labute approximate surface area is 196 Å². The third-order valence-corrected chi connectivity index (χ3v) is 6.11. The maximum Gasteiger partial charge on any atom is 0.410 e. The zero-order chi connectivity index (χ0) is 23.9. The molecular weight excluding hydrogens is 447 g/mol. The van der Waals surface area contributed by atoms with Crippen LogP contribution >= 0.6 is 11.6 Å². The lowest BCUT2D eigenvalue weighted by molar-refractivity contribution is 0.0204. The van der Waals surface area contributed by atoms with Gasteiger partial charge in [-0.2, -0.15) is 0 Å². The van der Waals surface area contributed by atoms with Crippen LogP contribution in [0.25, 0.3) is 16.6 Å². The van der Waals surface area contributed by atoms with Gasteiger partial charge in [-0.25, -0.2) is 14.0 Å². The van der Waals surface area contributed by atoms with E-state index in [9.17, 15) is 19.1 Å². The lowest BCUT2D eigenvalue weighted by Crippen LogP contribution is -2.41. The van der Waals surface area contributed by atoms with Crippen LogP contribution in [0.3, 0.4) is 0 Å². The van der Waals surface area contributed by atoms with Crippen LogP contribution in [-0.2, 0) is 4.74 Å². The quantitative estimate of drug-likeness (QED) is 0.490. The van der Waals surface area contributed by atoms with Gasteiger partial charge in [0.1, 0.15) is 17.1 Å². The highest BCUT2D eigenvalue weighted by atomic mass is 35.5. The Balaban J connectivity index is 1.79. The van der Waals surface area contributed by atoms with Crippen molar-refractivity contribution in [3.8, 4) is 5.69 Å². The fourth-order valence-corrected chi connectivity index (χ4v) is 4.61. The molecule has 1 aromatic heterocycles. The van der Waals surface area contributed by atoms with Crippen LogP contribution in [0.4, 0.5) is 9.18 Å². The maximum atomic E-state index is 14.5. The molecule has 0 atom stereocenters. The summed E-state index contributed by atoms with van der Waals surface area (Å²) in [4.78, 5) is 26.6. The van der Waals surface area contributed by atoms with Gasteiger partial charge in [0.2, 0.25) is 0 Å². The second-order valence-corrected chi connectivity index (χ2v) is 9.67. The van der Waals surface area contributed by atoms with Gasteiger partial charge in [0.25, 0.3) is 0 Å². The van der Waals surface area contributed by atoms with E-state index in [0.29, 0.717) is 48.1 Å². The number of fused-ring (bicyclic) bond motifs is 1. The van der Waals surface area contributed by atoms with Crippen LogP contribution in [-0.4, -0.2) is 45.3 Å². The number of hydrogen-bond acceptors (Lipinski definition) is 3. The Hall–Kier alpha value is -3.06. The Morgan fingerprint density at radius 2 is 1.76 bits per heavy atom. The largest absolute Gasteiger partial charge is 0.477 e. The number of nitrogens with zero attached hydrogens (tertiary/aromatic N) is 2. The number of carboxylic acids is 1. The second kappa shape index (κ2) is 8.71. The van der Waals surface area contributed by atoms with E-state index in [4.69, 9.17) is 16.3 Å². The number of piperidine rings is 1. The number of halogens is 2. The fourth-order valence-electron chi connectivity index (χ4n) is 4.45. The molecule has 0 aliphatic carbocycles. The molecule has 1 fully saturated rings. The van der Waals surface area contributed by atoms with Gasteiger partial charge in [0.05, 0.1) is 10.5 Å². The van der Waals surface area contributed by atoms with Crippen LogP contribution in [0.2, 0.25) is 5.02 Å². The number of likely N-dealkylation sites (tertiary alicyclic amines) is 1. The first-order valence-corrected chi connectivity index (χ1v) is 11.2. The van der Waals surface area contributed by atoms with E-state index in [1.165, 1.54) is 12.1 Å². The van der Waals surface area contributed by atoms with Crippen LogP contribution < -0.4 is 0 Å². The summed E-state index contributed by atoms with van der Waals surface area (Å²) in [5.41, 5.74) is 1.26. The summed E-state index contributed by atoms with van der Waals surface area (Å²) in [5, 5.41) is 10.7. The SMILES string of the molecule is CC(C)(C)OC(=O)N1CCC(c2c(C(=O)O)n(-c3ccccc3)c3cc(Cl)c(F)cc23)CC1. The normalized spacial score (nSPS) is 15.1. The molecule has 2 heterocycles. The van der Waals surface area contributed by atoms with Crippen molar-refractivity contribution < 1.29 is 23.8 Å². The van der Waals surface area contributed by atoms with Gasteiger partial charge in [-0.15, -0.1) is 0 Å². The van der Waals surface area contributed by atoms with Crippen LogP contribution in [0.15, 0.2) is 42.5 Å². The molecule has 0 bridgehead atoms. The van der Waals surface area contributed by atoms with Gasteiger partial charge in [0.15, 0.2) is 0 Å². The summed E-state index contributed by atoms with van der Waals surface area (Å²) in [6.45, 7) is 6.29. The zero-order valence-electron chi connectivity index (χ0n) is 18.8. The Bertz CT molecular complexity index is 1210. The first-order chi connectivity index (χ1) is 15.6. The summed E-state index contributed by atoms with van der Waals surface area (Å²) < 4.78 is 21.6. The third-order valence-electron chi connectivity index (χ3n) is 5.82. The van der Waals surface area contributed by atoms with E-state index >= 15 is 0 Å². The van der Waals surface area contributed by atoms with E-state index in [2.05, 4.69) is 0 Å². The fraction of sp³-hybridized carbons (Fsp3) is 0.360. The molecule has 1 aliphatic heterocycles. The minimum atomic E-state index is -1.10. The van der Waals surface area contributed by atoms with Crippen molar-refractivity contribution in [1.82, 2.24) is 9.47 Å². The van der Waals surface area contributed by atoms with Crippen LogP contribution in [0.5, 0.6) is 0 Å². The highest BCUT2D eigenvalue weighted by Gasteiger charge is 2.33. The smallest absolute Gasteiger partial charge is 0.410 e. The van der Waals surface area contributed by atoms with Crippen LogP contribution in [0.1, 0.15) is 55.6 Å². The standard InChI is InChI=1S/C25H26ClFN2O4/c1-25(2,3)33-24(32)28-11-9-15(10-12-28)21-17-13-19(27)18(26)14-20(17)29(22(21)23(30)31)16-7-5-4-6-8-16/h4-8,13-15H,9-12H2,1-3H3,(H,30,31). The molecule has 33 heavy (non-hydrogen) atoms. The molecule has 1 N–H and O–H groups in total. The lowest BCUT2D eigenvalue weighted by atomic mass is 9.87. The van der Waals surface area contributed by atoms with Crippen molar-refractivity contribution in [2.24, 2.45) is 0 Å². The Kier molecular flexibility index (Phi) is 6.10. The third kappa shape index (κ3) is 4.55. The lowest BCUT2D eigenvalue weighted by Gasteiger charge is -2.33. The molecule has 3 aromatic rings. The molecule has 1 amide bonds. The molecule has 6 nitrogen and oxygen atoms in total. The van der Waals surface area contributed by atoms with Gasteiger partial charge < -0.3 is 19.3 Å². The number of rotatable bonds is 3. The van der Waals surface area contributed by atoms with Crippen LogP contribution in [0, 0.1) is 5.82 Å². The number of para-hydroxylation sites is 1. The van der Waals surface area contributed by atoms with Crippen molar-refractivity contribution in [3.05, 3.63) is 64.6 Å². The molecule has 0 unspecified atom stereocenters. The monoisotopic (exact) mass is 472 g/mol. The average molecular weight is 473 g/mol. The van der Waals surface area contributed by atoms with Gasteiger partial charge in [-0.05, 0) is 69.4 Å². The van der Waals surface area contributed by atoms with E-state index in [1.807, 2.05) is 39.0 Å². The number of carbonyl (C=O) groups is 2. The number of carboxylic acid groups (broad SMARTS) is 1. The number of benzene rings is 2.